The van der Waals surface area contributed by atoms with E-state index in [1.54, 1.807) is 30.6 Å². The molecule has 1 aliphatic rings. The van der Waals surface area contributed by atoms with E-state index in [4.69, 9.17) is 0 Å². The lowest BCUT2D eigenvalue weighted by Gasteiger charge is -2.28. The highest BCUT2D eigenvalue weighted by Gasteiger charge is 2.38. The molecule has 4 heterocycles. The zero-order valence-corrected chi connectivity index (χ0v) is 20.0. The van der Waals surface area contributed by atoms with Crippen LogP contribution in [-0.4, -0.2) is 38.5 Å². The molecule has 0 bridgehead atoms. The van der Waals surface area contributed by atoms with Gasteiger partial charge in [-0.25, -0.2) is 9.97 Å². The van der Waals surface area contributed by atoms with Gasteiger partial charge in [0.05, 0.1) is 10.8 Å². The van der Waals surface area contributed by atoms with Crippen molar-refractivity contribution in [3.63, 3.8) is 0 Å². The van der Waals surface area contributed by atoms with Crippen molar-refractivity contribution in [2.24, 2.45) is 5.92 Å². The monoisotopic (exact) mass is 513 g/mol. The van der Waals surface area contributed by atoms with Gasteiger partial charge in [0.15, 0.2) is 5.82 Å². The summed E-state index contributed by atoms with van der Waals surface area (Å²) in [6.07, 6.45) is -1.10. The number of carbonyl (C=O) groups excluding carboxylic acids is 1. The summed E-state index contributed by atoms with van der Waals surface area (Å²) < 4.78 is 38.6. The highest BCUT2D eigenvalue weighted by molar-refractivity contribution is 7.15. The van der Waals surface area contributed by atoms with Gasteiger partial charge in [0.1, 0.15) is 5.82 Å². The largest absolute Gasteiger partial charge is 0.392 e. The molecular weight excluding hydrogens is 491 g/mol. The lowest BCUT2D eigenvalue weighted by atomic mass is 10.0. The van der Waals surface area contributed by atoms with E-state index in [9.17, 15) is 22.8 Å². The smallest absolute Gasteiger partial charge is 0.340 e. The molecule has 0 fully saturated rings. The molecule has 5 rings (SSSR count). The summed E-state index contributed by atoms with van der Waals surface area (Å²) in [4.78, 5) is 39.4. The number of thiophene rings is 1. The maximum atomic E-state index is 12.9. The van der Waals surface area contributed by atoms with E-state index in [2.05, 4.69) is 20.3 Å². The van der Waals surface area contributed by atoms with Crippen LogP contribution in [-0.2, 0) is 17.8 Å². The first-order valence-electron chi connectivity index (χ1n) is 11.4. The van der Waals surface area contributed by atoms with Gasteiger partial charge in [0.25, 0.3) is 5.56 Å². The molecular formula is C25H22F3N5O2S. The van der Waals surface area contributed by atoms with Crippen LogP contribution in [0.4, 0.5) is 24.7 Å². The summed E-state index contributed by atoms with van der Waals surface area (Å²) in [5, 5.41) is 4.63. The number of fused-ring (bicyclic) bond motifs is 2. The van der Waals surface area contributed by atoms with Crippen LogP contribution in [0.15, 0.2) is 53.6 Å². The molecule has 1 aromatic carbocycles. The number of halogens is 3. The lowest BCUT2D eigenvalue weighted by molar-refractivity contribution is -0.176. The number of alkyl halides is 3. The standard InChI is InChI=1S/C25H22F3N5O2S/c1-14(25(26,27)28)10-22(34)33-9-6-19-16(13-33)12-20(36-19)23-29-8-5-21(32-23)31-17-2-3-18-15(11-17)4-7-30-24(18)35/h2-5,7-8,11-12,14H,6,9-10,13H2,1H3,(H,30,35)(H,29,31,32). The van der Waals surface area contributed by atoms with Crippen molar-refractivity contribution >= 4 is 39.5 Å². The predicted molar refractivity (Wildman–Crippen MR) is 132 cm³/mol. The van der Waals surface area contributed by atoms with Crippen LogP contribution in [0.1, 0.15) is 23.8 Å². The number of benzene rings is 1. The van der Waals surface area contributed by atoms with Gasteiger partial charge in [0, 0.05) is 47.9 Å². The van der Waals surface area contributed by atoms with Crippen molar-refractivity contribution < 1.29 is 18.0 Å². The van der Waals surface area contributed by atoms with Gasteiger partial charge in [-0.05, 0) is 53.8 Å². The number of aromatic nitrogens is 3. The van der Waals surface area contributed by atoms with Gasteiger partial charge in [-0.1, -0.05) is 6.92 Å². The van der Waals surface area contributed by atoms with Crippen LogP contribution in [0.5, 0.6) is 0 Å². The van der Waals surface area contributed by atoms with Crippen LogP contribution in [0.2, 0.25) is 0 Å². The average Bonchev–Trinajstić information content (AvgIpc) is 3.27. The SMILES string of the molecule is CC(CC(=O)N1CCc2sc(-c3nccc(Nc4ccc5c(=O)[nH]ccc5c4)n3)cc2C1)C(F)(F)F. The first kappa shape index (κ1) is 24.0. The van der Waals surface area contributed by atoms with Crippen molar-refractivity contribution in [1.29, 1.82) is 0 Å². The van der Waals surface area contributed by atoms with Crippen molar-refractivity contribution in [1.82, 2.24) is 19.9 Å². The van der Waals surface area contributed by atoms with Crippen LogP contribution >= 0.6 is 11.3 Å². The van der Waals surface area contributed by atoms with E-state index < -0.39 is 24.4 Å². The molecule has 1 atom stereocenters. The summed E-state index contributed by atoms with van der Waals surface area (Å²) in [7, 11) is 0. The van der Waals surface area contributed by atoms with Crippen molar-refractivity contribution in [2.45, 2.75) is 32.5 Å². The van der Waals surface area contributed by atoms with Crippen LogP contribution in [0.25, 0.3) is 21.5 Å². The normalized spacial score (nSPS) is 14.5. The van der Waals surface area contributed by atoms with E-state index >= 15 is 0 Å². The fourth-order valence-corrected chi connectivity index (χ4v) is 5.23. The van der Waals surface area contributed by atoms with E-state index in [0.717, 1.165) is 33.3 Å². The number of hydrogen-bond acceptors (Lipinski definition) is 6. The van der Waals surface area contributed by atoms with Crippen LogP contribution in [0, 0.1) is 5.92 Å². The molecule has 2 N–H and O–H groups in total. The molecule has 1 amide bonds. The number of amides is 1. The molecule has 0 aliphatic carbocycles. The molecule has 186 valence electrons. The van der Waals surface area contributed by atoms with Crippen LogP contribution in [0.3, 0.4) is 0 Å². The average molecular weight is 514 g/mol. The summed E-state index contributed by atoms with van der Waals surface area (Å²) in [5.74, 6) is -1.07. The highest BCUT2D eigenvalue weighted by atomic mass is 32.1. The molecule has 7 nitrogen and oxygen atoms in total. The molecule has 0 radical (unpaired) electrons. The number of H-pyrrole nitrogens is 1. The molecule has 1 unspecified atom stereocenters. The molecule has 3 aromatic heterocycles. The Bertz CT molecular complexity index is 1500. The minimum absolute atomic E-state index is 0.153. The predicted octanol–water partition coefficient (Wildman–Crippen LogP) is 5.26. The molecule has 11 heteroatoms. The second-order valence-corrected chi connectivity index (χ2v) is 9.91. The van der Waals surface area contributed by atoms with Crippen molar-refractivity contribution in [3.8, 4) is 10.7 Å². The minimum Gasteiger partial charge on any atom is -0.340 e. The lowest BCUT2D eigenvalue weighted by Crippen LogP contribution is -2.37. The minimum atomic E-state index is -4.38. The Morgan fingerprint density at radius 1 is 1.25 bits per heavy atom. The molecule has 4 aromatic rings. The van der Waals surface area contributed by atoms with E-state index in [1.807, 2.05) is 18.2 Å². The van der Waals surface area contributed by atoms with Gasteiger partial charge < -0.3 is 15.2 Å². The van der Waals surface area contributed by atoms with Crippen molar-refractivity contribution in [2.75, 3.05) is 11.9 Å². The number of aromatic amines is 1. The zero-order valence-electron chi connectivity index (χ0n) is 19.2. The van der Waals surface area contributed by atoms with E-state index in [0.29, 0.717) is 30.0 Å². The second kappa shape index (κ2) is 9.38. The summed E-state index contributed by atoms with van der Waals surface area (Å²) >= 11 is 1.53. The Morgan fingerprint density at radius 2 is 2.08 bits per heavy atom. The second-order valence-electron chi connectivity index (χ2n) is 8.77. The van der Waals surface area contributed by atoms with Gasteiger partial charge >= 0.3 is 6.18 Å². The third-order valence-corrected chi connectivity index (χ3v) is 7.41. The summed E-state index contributed by atoms with van der Waals surface area (Å²) in [6.45, 7) is 1.71. The van der Waals surface area contributed by atoms with Crippen LogP contribution < -0.4 is 10.9 Å². The Hall–Kier alpha value is -3.73. The van der Waals surface area contributed by atoms with E-state index in [-0.39, 0.29) is 12.1 Å². The Kier molecular flexibility index (Phi) is 6.25. The molecule has 0 saturated carbocycles. The fourth-order valence-electron chi connectivity index (χ4n) is 4.13. The molecule has 36 heavy (non-hydrogen) atoms. The number of nitrogens with zero attached hydrogens (tertiary/aromatic N) is 3. The summed E-state index contributed by atoms with van der Waals surface area (Å²) in [5.41, 5.74) is 1.53. The number of carbonyl (C=O) groups is 1. The topological polar surface area (TPSA) is 91.0 Å². The fraction of sp³-hybridized carbons (Fsp3) is 0.280. The summed E-state index contributed by atoms with van der Waals surface area (Å²) in [6, 6.07) is 10.9. The third kappa shape index (κ3) is 4.97. The van der Waals surface area contributed by atoms with E-state index in [1.165, 1.54) is 16.2 Å². The Balaban J connectivity index is 1.31. The Morgan fingerprint density at radius 3 is 2.89 bits per heavy atom. The molecule has 0 spiro atoms. The highest BCUT2D eigenvalue weighted by Crippen LogP contribution is 2.35. The van der Waals surface area contributed by atoms with Gasteiger partial charge in [-0.2, -0.15) is 13.2 Å². The van der Waals surface area contributed by atoms with Gasteiger partial charge in [0.2, 0.25) is 5.91 Å². The number of rotatable bonds is 5. The quantitative estimate of drug-likeness (QED) is 0.380. The third-order valence-electron chi connectivity index (χ3n) is 6.18. The molecule has 0 saturated heterocycles. The number of anilines is 2. The van der Waals surface area contributed by atoms with Gasteiger partial charge in [-0.15, -0.1) is 11.3 Å². The van der Waals surface area contributed by atoms with Crippen molar-refractivity contribution in [3.05, 3.63) is 69.6 Å². The maximum Gasteiger partial charge on any atom is 0.392 e. The maximum absolute atomic E-state index is 12.9. The first-order chi connectivity index (χ1) is 17.2. The number of nitrogens with one attached hydrogen (secondary N) is 2. The van der Waals surface area contributed by atoms with Gasteiger partial charge in [-0.3, -0.25) is 9.59 Å². The first-order valence-corrected chi connectivity index (χ1v) is 12.2. The Labute approximate surface area is 208 Å². The zero-order chi connectivity index (χ0) is 25.4. The number of pyridine rings is 1. The number of hydrogen-bond donors (Lipinski definition) is 2. The molecule has 1 aliphatic heterocycles.